The van der Waals surface area contributed by atoms with Crippen LogP contribution in [0, 0.1) is 5.82 Å². The summed E-state index contributed by atoms with van der Waals surface area (Å²) >= 11 is 0. The van der Waals surface area contributed by atoms with Gasteiger partial charge in [-0.15, -0.1) is 0 Å². The van der Waals surface area contributed by atoms with E-state index >= 15 is 4.39 Å². The van der Waals surface area contributed by atoms with Crippen molar-refractivity contribution in [3.8, 4) is 11.1 Å². The van der Waals surface area contributed by atoms with Crippen LogP contribution in [0.15, 0.2) is 48.7 Å². The van der Waals surface area contributed by atoms with Gasteiger partial charge in [-0.2, -0.15) is 0 Å². The Morgan fingerprint density at radius 3 is 2.65 bits per heavy atom. The Hall–Kier alpha value is -3.49. The van der Waals surface area contributed by atoms with Gasteiger partial charge in [-0.25, -0.2) is 4.39 Å². The number of hydrogen-bond donors (Lipinski definition) is 4. The maximum atomic E-state index is 15.0. The number of carbonyl (C=O) groups is 1. The van der Waals surface area contributed by atoms with Gasteiger partial charge in [0.1, 0.15) is 5.82 Å². The SMILES string of the molecule is CC(C)(O)c1cc(N)c(NN)c(-c2ccc(CN3Cc4ncccc4C3=O)c(F)c2)c1. The molecule has 0 unspecified atom stereocenters. The van der Waals surface area contributed by atoms with Gasteiger partial charge in [0.05, 0.1) is 34.8 Å². The van der Waals surface area contributed by atoms with Gasteiger partial charge in [-0.1, -0.05) is 12.1 Å². The minimum Gasteiger partial charge on any atom is -0.397 e. The minimum absolute atomic E-state index is 0.134. The Morgan fingerprint density at radius 1 is 1.23 bits per heavy atom. The molecule has 3 aromatic rings. The molecule has 160 valence electrons. The molecule has 6 N–H and O–H groups in total. The molecule has 0 saturated heterocycles. The number of anilines is 2. The van der Waals surface area contributed by atoms with Crippen molar-refractivity contribution in [1.29, 1.82) is 0 Å². The van der Waals surface area contributed by atoms with Gasteiger partial charge >= 0.3 is 0 Å². The number of hydrazine groups is 1. The number of nitrogens with one attached hydrogen (secondary N) is 1. The molecular weight excluding hydrogens is 397 g/mol. The van der Waals surface area contributed by atoms with Crippen LogP contribution in [0.4, 0.5) is 15.8 Å². The molecule has 2 heterocycles. The summed E-state index contributed by atoms with van der Waals surface area (Å²) in [7, 11) is 0. The first-order chi connectivity index (χ1) is 14.7. The summed E-state index contributed by atoms with van der Waals surface area (Å²) in [5.74, 6) is 5.03. The van der Waals surface area contributed by atoms with Crippen molar-refractivity contribution in [2.75, 3.05) is 11.2 Å². The second-order valence-electron chi connectivity index (χ2n) is 8.16. The second kappa shape index (κ2) is 7.64. The lowest BCUT2D eigenvalue weighted by molar-refractivity contribution is 0.0763. The van der Waals surface area contributed by atoms with Crippen molar-refractivity contribution in [2.24, 2.45) is 5.84 Å². The first-order valence-electron chi connectivity index (χ1n) is 9.84. The normalized spacial score (nSPS) is 13.5. The number of nitrogen functional groups attached to an aromatic ring is 2. The molecule has 1 amide bonds. The highest BCUT2D eigenvalue weighted by Gasteiger charge is 2.28. The molecule has 0 bridgehead atoms. The number of hydrogen-bond acceptors (Lipinski definition) is 6. The zero-order valence-corrected chi connectivity index (χ0v) is 17.3. The Bertz CT molecular complexity index is 1170. The molecule has 0 spiro atoms. The van der Waals surface area contributed by atoms with Crippen LogP contribution in [0.5, 0.6) is 0 Å². The molecule has 2 aromatic carbocycles. The summed E-state index contributed by atoms with van der Waals surface area (Å²) in [6.07, 6.45) is 1.64. The third kappa shape index (κ3) is 3.83. The highest BCUT2D eigenvalue weighted by molar-refractivity contribution is 5.97. The van der Waals surface area contributed by atoms with Crippen molar-refractivity contribution in [3.63, 3.8) is 0 Å². The van der Waals surface area contributed by atoms with E-state index in [4.69, 9.17) is 11.6 Å². The van der Waals surface area contributed by atoms with Crippen LogP contribution in [0.1, 0.15) is 41.0 Å². The van der Waals surface area contributed by atoms with E-state index < -0.39 is 11.4 Å². The van der Waals surface area contributed by atoms with Crippen LogP contribution in [0.2, 0.25) is 0 Å². The molecule has 1 aliphatic rings. The number of nitrogens with two attached hydrogens (primary N) is 2. The number of rotatable bonds is 5. The fourth-order valence-electron chi connectivity index (χ4n) is 3.76. The van der Waals surface area contributed by atoms with E-state index in [9.17, 15) is 9.90 Å². The monoisotopic (exact) mass is 421 g/mol. The number of fused-ring (bicyclic) bond motifs is 1. The molecule has 8 heteroatoms. The summed E-state index contributed by atoms with van der Waals surface area (Å²) in [6.45, 7) is 3.77. The van der Waals surface area contributed by atoms with Gasteiger partial charge in [0.2, 0.25) is 0 Å². The summed E-state index contributed by atoms with van der Waals surface area (Å²) in [6, 6.07) is 11.6. The third-order valence-corrected chi connectivity index (χ3v) is 5.49. The van der Waals surface area contributed by atoms with Gasteiger partial charge < -0.3 is 21.2 Å². The van der Waals surface area contributed by atoms with Crippen LogP contribution in [-0.2, 0) is 18.7 Å². The van der Waals surface area contributed by atoms with Crippen LogP contribution < -0.4 is 17.0 Å². The van der Waals surface area contributed by atoms with Crippen molar-refractivity contribution < 1.29 is 14.3 Å². The van der Waals surface area contributed by atoms with Gasteiger partial charge in [-0.3, -0.25) is 15.6 Å². The van der Waals surface area contributed by atoms with E-state index in [2.05, 4.69) is 10.4 Å². The molecule has 0 radical (unpaired) electrons. The fraction of sp³-hybridized carbons (Fsp3) is 0.217. The van der Waals surface area contributed by atoms with E-state index in [-0.39, 0.29) is 12.5 Å². The second-order valence-corrected chi connectivity index (χ2v) is 8.16. The van der Waals surface area contributed by atoms with Crippen LogP contribution in [-0.4, -0.2) is 20.9 Å². The average molecular weight is 421 g/mol. The van der Waals surface area contributed by atoms with Crippen molar-refractivity contribution >= 4 is 17.3 Å². The zero-order valence-electron chi connectivity index (χ0n) is 17.3. The van der Waals surface area contributed by atoms with E-state index in [1.165, 1.54) is 6.07 Å². The van der Waals surface area contributed by atoms with Gasteiger partial charge in [0.25, 0.3) is 5.91 Å². The van der Waals surface area contributed by atoms with E-state index in [1.54, 1.807) is 61.3 Å². The quantitative estimate of drug-likeness (QED) is 0.286. The number of amides is 1. The lowest BCUT2D eigenvalue weighted by Crippen LogP contribution is -2.23. The van der Waals surface area contributed by atoms with Crippen molar-refractivity contribution in [3.05, 3.63) is 76.9 Å². The molecule has 1 aliphatic heterocycles. The third-order valence-electron chi connectivity index (χ3n) is 5.49. The lowest BCUT2D eigenvalue weighted by Gasteiger charge is -2.22. The lowest BCUT2D eigenvalue weighted by atomic mass is 9.91. The number of halogens is 1. The number of aromatic nitrogens is 1. The van der Waals surface area contributed by atoms with E-state index in [1.807, 2.05) is 0 Å². The number of pyridine rings is 1. The van der Waals surface area contributed by atoms with Gasteiger partial charge in [-0.05, 0) is 55.3 Å². The van der Waals surface area contributed by atoms with Gasteiger partial charge in [0, 0.05) is 23.9 Å². The molecule has 0 aliphatic carbocycles. The Morgan fingerprint density at radius 2 is 2.00 bits per heavy atom. The highest BCUT2D eigenvalue weighted by atomic mass is 19.1. The van der Waals surface area contributed by atoms with Gasteiger partial charge in [0.15, 0.2) is 0 Å². The zero-order chi connectivity index (χ0) is 22.3. The summed E-state index contributed by atoms with van der Waals surface area (Å²) < 4.78 is 15.0. The van der Waals surface area contributed by atoms with Crippen molar-refractivity contribution in [1.82, 2.24) is 9.88 Å². The smallest absolute Gasteiger partial charge is 0.256 e. The number of nitrogens with zero attached hydrogens (tertiary/aromatic N) is 2. The molecule has 1 aromatic heterocycles. The van der Waals surface area contributed by atoms with Crippen molar-refractivity contribution in [2.45, 2.75) is 32.5 Å². The number of carbonyl (C=O) groups excluding carboxylic acids is 1. The van der Waals surface area contributed by atoms with Crippen LogP contribution >= 0.6 is 0 Å². The predicted molar refractivity (Wildman–Crippen MR) is 117 cm³/mol. The summed E-state index contributed by atoms with van der Waals surface area (Å²) in [5, 5.41) is 10.4. The maximum absolute atomic E-state index is 15.0. The molecule has 0 saturated carbocycles. The maximum Gasteiger partial charge on any atom is 0.256 e. The first-order valence-corrected chi connectivity index (χ1v) is 9.84. The standard InChI is InChI=1S/C23H24FN5O2/c1-23(2,31)15-9-17(21(28-26)19(25)10-15)13-5-6-14(18(24)8-13)11-29-12-20-16(22(29)30)4-3-7-27-20/h3-10,28,31H,11-12,25-26H2,1-2H3. The molecule has 0 atom stereocenters. The van der Waals surface area contributed by atoms with E-state index in [0.717, 1.165) is 0 Å². The fourth-order valence-corrected chi connectivity index (χ4v) is 3.76. The number of aliphatic hydroxyl groups is 1. The predicted octanol–water partition coefficient (Wildman–Crippen LogP) is 3.14. The Labute approximate surface area is 179 Å². The Kier molecular flexibility index (Phi) is 5.12. The van der Waals surface area contributed by atoms with Crippen LogP contribution in [0.25, 0.3) is 11.1 Å². The largest absolute Gasteiger partial charge is 0.397 e. The average Bonchev–Trinajstić information content (AvgIpc) is 3.04. The molecule has 7 nitrogen and oxygen atoms in total. The Balaban J connectivity index is 1.66. The minimum atomic E-state index is -1.13. The molecular formula is C23H24FN5O2. The molecule has 31 heavy (non-hydrogen) atoms. The molecule has 0 fully saturated rings. The van der Waals surface area contributed by atoms with Crippen LogP contribution in [0.3, 0.4) is 0 Å². The topological polar surface area (TPSA) is 118 Å². The number of benzene rings is 2. The van der Waals surface area contributed by atoms with E-state index in [0.29, 0.717) is 51.4 Å². The summed E-state index contributed by atoms with van der Waals surface area (Å²) in [4.78, 5) is 18.3. The molecule has 4 rings (SSSR count). The summed E-state index contributed by atoms with van der Waals surface area (Å²) in [5.41, 5.74) is 11.6. The first kappa shape index (κ1) is 20.8. The highest BCUT2D eigenvalue weighted by Crippen LogP contribution is 2.37.